The zero-order valence-electron chi connectivity index (χ0n) is 11.8. The van der Waals surface area contributed by atoms with Gasteiger partial charge in [0, 0.05) is 6.42 Å². The lowest BCUT2D eigenvalue weighted by atomic mass is 10.1. The van der Waals surface area contributed by atoms with Gasteiger partial charge in [0.25, 0.3) is 5.91 Å². The smallest absolute Gasteiger partial charge is 0.335 e. The number of rotatable bonds is 4. The normalized spacial score (nSPS) is 14.1. The maximum absolute atomic E-state index is 12.1. The van der Waals surface area contributed by atoms with E-state index in [0.29, 0.717) is 12.1 Å². The molecule has 5 heteroatoms. The summed E-state index contributed by atoms with van der Waals surface area (Å²) in [5.74, 6) is -1.10. The lowest BCUT2D eigenvalue weighted by Gasteiger charge is -2.11. The Kier molecular flexibility index (Phi) is 3.70. The molecule has 5 nitrogen and oxygen atoms in total. The van der Waals surface area contributed by atoms with Crippen molar-refractivity contribution in [1.29, 1.82) is 0 Å². The number of nitrogens with zero attached hydrogens (tertiary/aromatic N) is 2. The predicted octanol–water partition coefficient (Wildman–Crippen LogP) is 2.72. The summed E-state index contributed by atoms with van der Waals surface area (Å²) in [5.41, 5.74) is 2.68. The third-order valence-electron chi connectivity index (χ3n) is 3.44. The Morgan fingerprint density at radius 3 is 2.41 bits per heavy atom. The first-order chi connectivity index (χ1) is 10.6. The maximum atomic E-state index is 12.1. The van der Waals surface area contributed by atoms with Crippen LogP contribution in [0.25, 0.3) is 0 Å². The SMILES string of the molecule is O=C(O)c1ccc(N2N=C(Cc3ccccc3)CC2=O)cc1. The van der Waals surface area contributed by atoms with Gasteiger partial charge in [0.15, 0.2) is 0 Å². The fourth-order valence-electron chi connectivity index (χ4n) is 2.36. The number of aromatic carboxylic acids is 1. The van der Waals surface area contributed by atoms with E-state index in [1.807, 2.05) is 30.3 Å². The molecule has 1 amide bonds. The minimum absolute atomic E-state index is 0.103. The molecule has 22 heavy (non-hydrogen) atoms. The van der Waals surface area contributed by atoms with Crippen molar-refractivity contribution in [3.05, 3.63) is 65.7 Å². The number of benzene rings is 2. The maximum Gasteiger partial charge on any atom is 0.335 e. The van der Waals surface area contributed by atoms with Crippen LogP contribution in [0.1, 0.15) is 22.3 Å². The molecule has 0 atom stereocenters. The fourth-order valence-corrected chi connectivity index (χ4v) is 2.36. The van der Waals surface area contributed by atoms with Crippen molar-refractivity contribution >= 4 is 23.3 Å². The van der Waals surface area contributed by atoms with Crippen LogP contribution >= 0.6 is 0 Å². The zero-order valence-corrected chi connectivity index (χ0v) is 11.8. The molecule has 110 valence electrons. The van der Waals surface area contributed by atoms with E-state index in [9.17, 15) is 9.59 Å². The van der Waals surface area contributed by atoms with Crippen molar-refractivity contribution in [2.75, 3.05) is 5.01 Å². The summed E-state index contributed by atoms with van der Waals surface area (Å²) in [6.45, 7) is 0. The summed E-state index contributed by atoms with van der Waals surface area (Å²) in [6.07, 6.45) is 0.922. The number of hydrogen-bond donors (Lipinski definition) is 1. The summed E-state index contributed by atoms with van der Waals surface area (Å²) in [4.78, 5) is 22.9. The van der Waals surface area contributed by atoms with Gasteiger partial charge in [0.1, 0.15) is 0 Å². The van der Waals surface area contributed by atoms with Crippen molar-refractivity contribution in [1.82, 2.24) is 0 Å². The van der Waals surface area contributed by atoms with E-state index < -0.39 is 5.97 Å². The molecular formula is C17H14N2O3. The van der Waals surface area contributed by atoms with Crippen LogP contribution in [0.15, 0.2) is 59.7 Å². The molecule has 3 rings (SSSR count). The van der Waals surface area contributed by atoms with Gasteiger partial charge < -0.3 is 5.11 Å². The molecule has 0 saturated heterocycles. The molecule has 1 N–H and O–H groups in total. The summed E-state index contributed by atoms with van der Waals surface area (Å²) in [7, 11) is 0. The van der Waals surface area contributed by atoms with Crippen molar-refractivity contribution in [2.45, 2.75) is 12.8 Å². The summed E-state index contributed by atoms with van der Waals surface area (Å²) in [5, 5.41) is 14.6. The molecule has 0 bridgehead atoms. The number of amides is 1. The second-order valence-electron chi connectivity index (χ2n) is 5.06. The average molecular weight is 294 g/mol. The molecule has 2 aromatic rings. The molecule has 1 aliphatic heterocycles. The second kappa shape index (κ2) is 5.81. The van der Waals surface area contributed by atoms with Gasteiger partial charge in [0.05, 0.1) is 23.4 Å². The van der Waals surface area contributed by atoms with E-state index >= 15 is 0 Å². The Balaban J connectivity index is 1.79. The lowest BCUT2D eigenvalue weighted by Crippen LogP contribution is -2.19. The highest BCUT2D eigenvalue weighted by molar-refractivity contribution is 6.13. The molecule has 1 aliphatic rings. The fraction of sp³-hybridized carbons (Fsp3) is 0.118. The lowest BCUT2D eigenvalue weighted by molar-refractivity contribution is -0.116. The van der Waals surface area contributed by atoms with Gasteiger partial charge in [-0.15, -0.1) is 0 Å². The molecule has 0 fully saturated rings. The number of hydrogen-bond acceptors (Lipinski definition) is 3. The van der Waals surface area contributed by atoms with Crippen molar-refractivity contribution < 1.29 is 14.7 Å². The zero-order chi connectivity index (χ0) is 15.5. The van der Waals surface area contributed by atoms with Gasteiger partial charge in [0.2, 0.25) is 0 Å². The van der Waals surface area contributed by atoms with Gasteiger partial charge in [-0.1, -0.05) is 30.3 Å². The van der Waals surface area contributed by atoms with E-state index in [1.54, 1.807) is 12.1 Å². The Morgan fingerprint density at radius 2 is 1.77 bits per heavy atom. The Bertz CT molecular complexity index is 736. The van der Waals surface area contributed by atoms with Crippen LogP contribution in [-0.4, -0.2) is 22.7 Å². The molecule has 0 spiro atoms. The number of carboxylic acids is 1. The first-order valence-electron chi connectivity index (χ1n) is 6.90. The molecule has 0 aliphatic carbocycles. The third-order valence-corrected chi connectivity index (χ3v) is 3.44. The van der Waals surface area contributed by atoms with Crippen LogP contribution in [0.5, 0.6) is 0 Å². The minimum Gasteiger partial charge on any atom is -0.478 e. The topological polar surface area (TPSA) is 70.0 Å². The Labute approximate surface area is 127 Å². The largest absolute Gasteiger partial charge is 0.478 e. The van der Waals surface area contributed by atoms with Gasteiger partial charge in [-0.2, -0.15) is 5.10 Å². The number of anilines is 1. The van der Waals surface area contributed by atoms with Crippen LogP contribution in [0.4, 0.5) is 5.69 Å². The van der Waals surface area contributed by atoms with Gasteiger partial charge in [-0.25, -0.2) is 9.80 Å². The number of carbonyl (C=O) groups is 2. The molecule has 0 saturated carbocycles. The first-order valence-corrected chi connectivity index (χ1v) is 6.90. The molecular weight excluding hydrogens is 280 g/mol. The highest BCUT2D eigenvalue weighted by atomic mass is 16.4. The standard InChI is InChI=1S/C17H14N2O3/c20-16-11-14(10-12-4-2-1-3-5-12)18-19(16)15-8-6-13(7-9-15)17(21)22/h1-9H,10-11H2,(H,21,22). The Morgan fingerprint density at radius 1 is 1.09 bits per heavy atom. The summed E-state index contributed by atoms with van der Waals surface area (Å²) >= 11 is 0. The number of hydrazone groups is 1. The summed E-state index contributed by atoms with van der Waals surface area (Å²) < 4.78 is 0. The molecule has 0 radical (unpaired) electrons. The van der Waals surface area contributed by atoms with E-state index in [4.69, 9.17) is 5.11 Å². The van der Waals surface area contributed by atoms with Crippen LogP contribution < -0.4 is 5.01 Å². The van der Waals surface area contributed by atoms with E-state index in [2.05, 4.69) is 5.10 Å². The van der Waals surface area contributed by atoms with E-state index in [-0.39, 0.29) is 17.9 Å². The quantitative estimate of drug-likeness (QED) is 0.942. The van der Waals surface area contributed by atoms with E-state index in [0.717, 1.165) is 11.3 Å². The van der Waals surface area contributed by atoms with Crippen molar-refractivity contribution in [3.63, 3.8) is 0 Å². The van der Waals surface area contributed by atoms with E-state index in [1.165, 1.54) is 17.1 Å². The summed E-state index contributed by atoms with van der Waals surface area (Å²) in [6, 6.07) is 16.0. The molecule has 0 aromatic heterocycles. The van der Waals surface area contributed by atoms with Crippen molar-refractivity contribution in [2.24, 2.45) is 5.10 Å². The first kappa shape index (κ1) is 14.0. The van der Waals surface area contributed by atoms with Crippen LogP contribution in [0, 0.1) is 0 Å². The van der Waals surface area contributed by atoms with Gasteiger partial charge >= 0.3 is 5.97 Å². The van der Waals surface area contributed by atoms with Gasteiger partial charge in [-0.3, -0.25) is 4.79 Å². The molecule has 1 heterocycles. The van der Waals surface area contributed by atoms with Crippen LogP contribution in [0.3, 0.4) is 0 Å². The van der Waals surface area contributed by atoms with Crippen molar-refractivity contribution in [3.8, 4) is 0 Å². The highest BCUT2D eigenvalue weighted by Gasteiger charge is 2.25. The predicted molar refractivity (Wildman–Crippen MR) is 83.1 cm³/mol. The van der Waals surface area contributed by atoms with Crippen LogP contribution in [-0.2, 0) is 11.2 Å². The molecule has 0 unspecified atom stereocenters. The highest BCUT2D eigenvalue weighted by Crippen LogP contribution is 2.22. The average Bonchev–Trinajstić information content (AvgIpc) is 2.89. The Hall–Kier alpha value is -2.95. The minimum atomic E-state index is -0.993. The third kappa shape index (κ3) is 2.88. The molecule has 2 aromatic carbocycles. The van der Waals surface area contributed by atoms with Crippen LogP contribution in [0.2, 0.25) is 0 Å². The monoisotopic (exact) mass is 294 g/mol. The van der Waals surface area contributed by atoms with Gasteiger partial charge in [-0.05, 0) is 29.8 Å². The number of carbonyl (C=O) groups excluding carboxylic acids is 1. The number of carboxylic acid groups (broad SMARTS) is 1. The second-order valence-corrected chi connectivity index (χ2v) is 5.06.